The van der Waals surface area contributed by atoms with Crippen LogP contribution in [0.3, 0.4) is 0 Å². The molecule has 0 aliphatic heterocycles. The van der Waals surface area contributed by atoms with Crippen LogP contribution in [-0.2, 0) is 0 Å². The molecule has 3 aromatic carbocycles. The second kappa shape index (κ2) is 9.79. The number of carbonyl (C=O) groups is 2. The summed E-state index contributed by atoms with van der Waals surface area (Å²) in [5.41, 5.74) is 4.18. The largest absolute Gasteiger partial charge is 0.478 e. The number of carboxylic acids is 2. The first-order chi connectivity index (χ1) is 15.9. The zero-order valence-corrected chi connectivity index (χ0v) is 20.1. The molecule has 178 valence electrons. The number of aryl methyl sites for hydroxylation is 2. The van der Waals surface area contributed by atoms with Crippen LogP contribution in [0.4, 0.5) is 0 Å². The molecule has 3 aromatic rings. The third-order valence-electron chi connectivity index (χ3n) is 5.65. The Kier molecular flexibility index (Phi) is 7.24. The molecule has 0 bridgehead atoms. The Morgan fingerprint density at radius 3 is 1.88 bits per heavy atom. The highest BCUT2D eigenvalue weighted by Gasteiger charge is 2.25. The molecule has 0 radical (unpaired) electrons. The van der Waals surface area contributed by atoms with Crippen LogP contribution in [0.2, 0.25) is 0 Å². The molecular weight excluding hydrogens is 430 g/mol. The van der Waals surface area contributed by atoms with Gasteiger partial charge in [-0.2, -0.15) is 0 Å². The summed E-state index contributed by atoms with van der Waals surface area (Å²) in [6.45, 7) is 9.96. The van der Waals surface area contributed by atoms with Crippen molar-refractivity contribution in [2.75, 3.05) is 6.54 Å². The molecule has 0 spiro atoms. The minimum Gasteiger partial charge on any atom is -0.478 e. The van der Waals surface area contributed by atoms with Gasteiger partial charge in [-0.15, -0.1) is 0 Å². The van der Waals surface area contributed by atoms with Crippen LogP contribution in [0.25, 0.3) is 22.3 Å². The molecule has 34 heavy (non-hydrogen) atoms. The van der Waals surface area contributed by atoms with E-state index in [4.69, 9.17) is 0 Å². The topological polar surface area (TPSA) is 107 Å². The van der Waals surface area contributed by atoms with Crippen molar-refractivity contribution in [3.05, 3.63) is 82.4 Å². The Morgan fingerprint density at radius 1 is 0.824 bits per heavy atom. The van der Waals surface area contributed by atoms with Crippen LogP contribution in [-0.4, -0.2) is 39.3 Å². The van der Waals surface area contributed by atoms with E-state index in [1.54, 1.807) is 54.6 Å². The van der Waals surface area contributed by atoms with Crippen molar-refractivity contribution in [3.63, 3.8) is 0 Å². The van der Waals surface area contributed by atoms with Gasteiger partial charge in [0.2, 0.25) is 0 Å². The molecule has 0 fully saturated rings. The third kappa shape index (κ3) is 5.53. The second-order valence-corrected chi connectivity index (χ2v) is 9.62. The van der Waals surface area contributed by atoms with Crippen LogP contribution in [0.5, 0.6) is 0 Å². The summed E-state index contributed by atoms with van der Waals surface area (Å²) in [4.78, 5) is 24.2. The maximum Gasteiger partial charge on any atom is 0.336 e. The smallest absolute Gasteiger partial charge is 0.336 e. The van der Waals surface area contributed by atoms with Gasteiger partial charge in [-0.3, -0.25) is 0 Å². The van der Waals surface area contributed by atoms with Gasteiger partial charge < -0.3 is 20.6 Å². The molecule has 0 aliphatic carbocycles. The van der Waals surface area contributed by atoms with E-state index in [-0.39, 0.29) is 23.2 Å². The van der Waals surface area contributed by atoms with Crippen molar-refractivity contribution in [1.82, 2.24) is 5.32 Å². The van der Waals surface area contributed by atoms with E-state index in [0.717, 1.165) is 11.1 Å². The lowest BCUT2D eigenvalue weighted by Gasteiger charge is -2.26. The lowest BCUT2D eigenvalue weighted by Crippen LogP contribution is -2.38. The van der Waals surface area contributed by atoms with Gasteiger partial charge in [-0.1, -0.05) is 53.6 Å². The molecule has 0 heterocycles. The predicted molar refractivity (Wildman–Crippen MR) is 133 cm³/mol. The minimum absolute atomic E-state index is 0.0832. The van der Waals surface area contributed by atoms with Crippen molar-refractivity contribution < 1.29 is 24.9 Å². The SMILES string of the molecule is Cc1ccc(C(=O)O)c(-c2cccc(C(O)CNC(C)(C)C)c2-c2cc(C)ccc2C(=O)O)c1. The molecular formula is C28H31NO5. The van der Waals surface area contributed by atoms with Gasteiger partial charge in [-0.05, 0) is 74.6 Å². The Bertz CT molecular complexity index is 1240. The normalized spacial score (nSPS) is 12.4. The maximum atomic E-state index is 12.2. The molecule has 0 aromatic heterocycles. The predicted octanol–water partition coefficient (Wildman–Crippen LogP) is 5.46. The number of β-amino-alcohol motifs (C(OH)–C–C–N with tert-alkyl or cyclic N) is 1. The van der Waals surface area contributed by atoms with Gasteiger partial charge in [-0.25, -0.2) is 9.59 Å². The Balaban J connectivity index is 2.38. The maximum absolute atomic E-state index is 12.2. The highest BCUT2D eigenvalue weighted by atomic mass is 16.4. The fourth-order valence-electron chi connectivity index (χ4n) is 4.00. The van der Waals surface area contributed by atoms with Gasteiger partial charge in [0.05, 0.1) is 17.2 Å². The van der Waals surface area contributed by atoms with Crippen LogP contribution in [0.15, 0.2) is 54.6 Å². The first kappa shape index (κ1) is 25.1. The van der Waals surface area contributed by atoms with Gasteiger partial charge in [0.25, 0.3) is 0 Å². The molecule has 1 unspecified atom stereocenters. The lowest BCUT2D eigenvalue weighted by molar-refractivity contribution is 0.0686. The first-order valence-electron chi connectivity index (χ1n) is 11.1. The molecule has 0 saturated carbocycles. The number of hydrogen-bond acceptors (Lipinski definition) is 4. The summed E-state index contributed by atoms with van der Waals surface area (Å²) in [6.07, 6.45) is -0.950. The lowest BCUT2D eigenvalue weighted by atomic mass is 9.84. The number of carboxylic acid groups (broad SMARTS) is 2. The summed E-state index contributed by atoms with van der Waals surface area (Å²) in [5, 5.41) is 34.3. The van der Waals surface area contributed by atoms with Crippen LogP contribution in [0, 0.1) is 13.8 Å². The van der Waals surface area contributed by atoms with Crippen molar-refractivity contribution in [3.8, 4) is 22.3 Å². The Hall–Kier alpha value is -3.48. The average Bonchev–Trinajstić information content (AvgIpc) is 2.75. The highest BCUT2D eigenvalue weighted by Crippen LogP contribution is 2.41. The minimum atomic E-state index is -1.10. The van der Waals surface area contributed by atoms with E-state index in [9.17, 15) is 24.9 Å². The number of nitrogens with one attached hydrogen (secondary N) is 1. The Labute approximate surface area is 199 Å². The zero-order chi connectivity index (χ0) is 25.2. The molecule has 3 rings (SSSR count). The summed E-state index contributed by atoms with van der Waals surface area (Å²) in [7, 11) is 0. The molecule has 0 saturated heterocycles. The van der Waals surface area contributed by atoms with Gasteiger partial charge >= 0.3 is 11.9 Å². The highest BCUT2D eigenvalue weighted by molar-refractivity contribution is 6.03. The number of benzene rings is 3. The number of hydrogen-bond donors (Lipinski definition) is 4. The van der Waals surface area contributed by atoms with E-state index in [0.29, 0.717) is 27.8 Å². The van der Waals surface area contributed by atoms with Gasteiger partial charge in [0.15, 0.2) is 0 Å². The van der Waals surface area contributed by atoms with E-state index >= 15 is 0 Å². The van der Waals surface area contributed by atoms with Crippen LogP contribution in [0.1, 0.15) is 64.3 Å². The number of aromatic carboxylic acids is 2. The third-order valence-corrected chi connectivity index (χ3v) is 5.65. The standard InChI is InChI=1S/C28H31NO5/c1-16-9-11-19(26(31)32)22(13-16)18-7-6-8-21(24(30)15-29-28(3,4)5)25(18)23-14-17(2)10-12-20(23)27(33)34/h6-14,24,29-30H,15H2,1-5H3,(H,31,32)(H,33,34). The molecule has 6 nitrogen and oxygen atoms in total. The first-order valence-corrected chi connectivity index (χ1v) is 11.1. The van der Waals surface area contributed by atoms with Crippen molar-refractivity contribution in [2.24, 2.45) is 0 Å². The van der Waals surface area contributed by atoms with Crippen molar-refractivity contribution in [1.29, 1.82) is 0 Å². The average molecular weight is 462 g/mol. The van der Waals surface area contributed by atoms with Gasteiger partial charge in [0, 0.05) is 12.1 Å². The van der Waals surface area contributed by atoms with Crippen LogP contribution < -0.4 is 5.32 Å². The quantitative estimate of drug-likeness (QED) is 0.372. The van der Waals surface area contributed by atoms with E-state index in [1.807, 2.05) is 34.6 Å². The summed E-state index contributed by atoms with van der Waals surface area (Å²) in [6, 6.07) is 15.4. The molecule has 4 N–H and O–H groups in total. The van der Waals surface area contributed by atoms with E-state index in [2.05, 4.69) is 5.32 Å². The monoisotopic (exact) mass is 461 g/mol. The summed E-state index contributed by atoms with van der Waals surface area (Å²) in [5.74, 6) is -2.18. The van der Waals surface area contributed by atoms with Gasteiger partial charge in [0.1, 0.15) is 0 Å². The zero-order valence-electron chi connectivity index (χ0n) is 20.1. The van der Waals surface area contributed by atoms with Crippen molar-refractivity contribution in [2.45, 2.75) is 46.3 Å². The molecule has 0 amide bonds. The molecule has 1 atom stereocenters. The molecule has 0 aliphatic rings. The number of aliphatic hydroxyl groups is 1. The Morgan fingerprint density at radius 2 is 1.35 bits per heavy atom. The number of aliphatic hydroxyl groups excluding tert-OH is 1. The van der Waals surface area contributed by atoms with Crippen molar-refractivity contribution >= 4 is 11.9 Å². The number of rotatable bonds is 7. The fourth-order valence-corrected chi connectivity index (χ4v) is 4.00. The summed E-state index contributed by atoms with van der Waals surface area (Å²) >= 11 is 0. The molecule has 6 heteroatoms. The van der Waals surface area contributed by atoms with Crippen LogP contribution >= 0.6 is 0 Å². The fraction of sp³-hybridized carbons (Fsp3) is 0.286. The van der Waals surface area contributed by atoms with E-state index in [1.165, 1.54) is 0 Å². The van der Waals surface area contributed by atoms with E-state index < -0.39 is 18.0 Å². The second-order valence-electron chi connectivity index (χ2n) is 9.62. The summed E-state index contributed by atoms with van der Waals surface area (Å²) < 4.78 is 0.